The minimum Gasteiger partial charge on any atom is -0.446 e. The topological polar surface area (TPSA) is 111 Å². The molecule has 0 fully saturated rings. The highest BCUT2D eigenvalue weighted by atomic mass is 79.9. The molecule has 5 aromatic rings. The maximum Gasteiger partial charge on any atom is 0.295 e. The van der Waals surface area contributed by atoms with Crippen LogP contribution in [0.2, 0.25) is 0 Å². The minimum atomic E-state index is -0.462. The molecular weight excluding hydrogens is 426 g/mol. The average molecular weight is 436 g/mol. The highest BCUT2D eigenvalue weighted by molar-refractivity contribution is 9.10. The lowest BCUT2D eigenvalue weighted by atomic mass is 10.2. The lowest BCUT2D eigenvalue weighted by Crippen LogP contribution is -2.11. The highest BCUT2D eigenvalue weighted by Gasteiger charge is 2.17. The van der Waals surface area contributed by atoms with Gasteiger partial charge in [0.05, 0.1) is 11.7 Å². The molecule has 0 saturated carbocycles. The van der Waals surface area contributed by atoms with Crippen LogP contribution in [0.25, 0.3) is 28.1 Å². The van der Waals surface area contributed by atoms with Gasteiger partial charge in [0, 0.05) is 17.8 Å². The molecule has 0 aliphatic carbocycles. The molecule has 0 radical (unpaired) electrons. The Bertz CT molecular complexity index is 1400. The zero-order valence-corrected chi connectivity index (χ0v) is 15.7. The molecule has 28 heavy (non-hydrogen) atoms. The third kappa shape index (κ3) is 2.79. The van der Waals surface area contributed by atoms with E-state index >= 15 is 0 Å². The predicted octanol–water partition coefficient (Wildman–Crippen LogP) is 3.19. The summed E-state index contributed by atoms with van der Waals surface area (Å²) >= 11 is 3.28. The summed E-state index contributed by atoms with van der Waals surface area (Å²) in [5.74, 6) is 1.21. The molecule has 0 saturated heterocycles. The lowest BCUT2D eigenvalue weighted by Gasteiger charge is -2.07. The SMILES string of the molecule is O=c1nccncc1Nc1nc2ccccc2c2nc(-c3ccc(Br)o3)nn12. The first kappa shape index (κ1) is 16.5. The van der Waals surface area contributed by atoms with Gasteiger partial charge in [-0.1, -0.05) is 12.1 Å². The fourth-order valence-electron chi connectivity index (χ4n) is 2.76. The number of anilines is 2. The van der Waals surface area contributed by atoms with Crippen LogP contribution in [0.15, 0.2) is 68.9 Å². The fraction of sp³-hybridized carbons (Fsp3) is 0. The number of rotatable bonds is 3. The van der Waals surface area contributed by atoms with Crippen LogP contribution in [0.4, 0.5) is 11.6 Å². The van der Waals surface area contributed by atoms with Crippen molar-refractivity contribution in [2.45, 2.75) is 0 Å². The molecule has 136 valence electrons. The summed E-state index contributed by atoms with van der Waals surface area (Å²) in [7, 11) is 0. The highest BCUT2D eigenvalue weighted by Crippen LogP contribution is 2.27. The van der Waals surface area contributed by atoms with Crippen LogP contribution in [0, 0.1) is 0 Å². The summed E-state index contributed by atoms with van der Waals surface area (Å²) in [6.45, 7) is 0. The summed E-state index contributed by atoms with van der Waals surface area (Å²) in [5, 5.41) is 8.29. The van der Waals surface area contributed by atoms with Crippen molar-refractivity contribution in [3.63, 3.8) is 0 Å². The largest absolute Gasteiger partial charge is 0.446 e. The van der Waals surface area contributed by atoms with Crippen molar-refractivity contribution in [3.8, 4) is 11.6 Å². The fourth-order valence-corrected chi connectivity index (χ4v) is 3.07. The number of hydrogen-bond donors (Lipinski definition) is 1. The van der Waals surface area contributed by atoms with Crippen molar-refractivity contribution in [1.82, 2.24) is 29.5 Å². The van der Waals surface area contributed by atoms with Crippen LogP contribution in [0.5, 0.6) is 0 Å². The maximum absolute atomic E-state index is 12.1. The van der Waals surface area contributed by atoms with Crippen LogP contribution in [-0.4, -0.2) is 29.5 Å². The molecule has 10 heteroatoms. The third-order valence-corrected chi connectivity index (χ3v) is 4.42. The second kappa shape index (κ2) is 6.50. The molecule has 5 rings (SSSR count). The molecule has 1 N–H and O–H groups in total. The smallest absolute Gasteiger partial charge is 0.295 e. The number of para-hydroxylation sites is 1. The van der Waals surface area contributed by atoms with E-state index in [2.05, 4.69) is 46.3 Å². The quantitative estimate of drug-likeness (QED) is 0.459. The second-order valence-electron chi connectivity index (χ2n) is 5.78. The van der Waals surface area contributed by atoms with E-state index in [-0.39, 0.29) is 5.69 Å². The van der Waals surface area contributed by atoms with E-state index in [0.717, 1.165) is 5.39 Å². The molecule has 0 amide bonds. The molecule has 0 aliphatic rings. The Hall–Kier alpha value is -3.66. The van der Waals surface area contributed by atoms with Crippen molar-refractivity contribution in [2.24, 2.45) is 0 Å². The Morgan fingerprint density at radius 3 is 2.82 bits per heavy atom. The molecule has 4 heterocycles. The van der Waals surface area contributed by atoms with Gasteiger partial charge >= 0.3 is 0 Å². The number of hydrogen-bond acceptors (Lipinski definition) is 8. The van der Waals surface area contributed by atoms with Crippen molar-refractivity contribution in [2.75, 3.05) is 5.32 Å². The van der Waals surface area contributed by atoms with Gasteiger partial charge in [-0.3, -0.25) is 9.78 Å². The molecule has 0 unspecified atom stereocenters. The van der Waals surface area contributed by atoms with Crippen molar-refractivity contribution in [3.05, 3.63) is 70.0 Å². The van der Waals surface area contributed by atoms with Crippen molar-refractivity contribution in [1.29, 1.82) is 0 Å². The van der Waals surface area contributed by atoms with Gasteiger partial charge in [0.1, 0.15) is 5.69 Å². The number of nitrogens with zero attached hydrogens (tertiary/aromatic N) is 6. The van der Waals surface area contributed by atoms with Crippen LogP contribution in [-0.2, 0) is 0 Å². The first-order valence-corrected chi connectivity index (χ1v) is 8.97. The van der Waals surface area contributed by atoms with Crippen LogP contribution >= 0.6 is 15.9 Å². The monoisotopic (exact) mass is 435 g/mol. The lowest BCUT2D eigenvalue weighted by molar-refractivity contribution is 0.551. The van der Waals surface area contributed by atoms with E-state index in [1.54, 1.807) is 12.1 Å². The Kier molecular flexibility index (Phi) is 3.83. The van der Waals surface area contributed by atoms with Gasteiger partial charge in [-0.15, -0.1) is 5.10 Å². The Labute approximate surface area is 165 Å². The molecule has 0 spiro atoms. The predicted molar refractivity (Wildman–Crippen MR) is 105 cm³/mol. The van der Waals surface area contributed by atoms with Crippen LogP contribution < -0.4 is 10.9 Å². The summed E-state index contributed by atoms with van der Waals surface area (Å²) < 4.78 is 7.67. The number of nitrogens with one attached hydrogen (secondary N) is 1. The molecule has 0 aliphatic heterocycles. The number of fused-ring (bicyclic) bond motifs is 3. The Morgan fingerprint density at radius 2 is 1.96 bits per heavy atom. The summed E-state index contributed by atoms with van der Waals surface area (Å²) in [4.78, 5) is 29.1. The number of aromatic nitrogens is 6. The minimum absolute atomic E-state index is 0.173. The van der Waals surface area contributed by atoms with E-state index in [1.165, 1.54) is 23.1 Å². The first-order valence-electron chi connectivity index (χ1n) is 8.17. The van der Waals surface area contributed by atoms with Crippen LogP contribution in [0.1, 0.15) is 0 Å². The molecule has 0 bridgehead atoms. The van der Waals surface area contributed by atoms with Gasteiger partial charge in [-0.25, -0.2) is 15.0 Å². The molecule has 0 atom stereocenters. The zero-order chi connectivity index (χ0) is 19.1. The van der Waals surface area contributed by atoms with Gasteiger partial charge in [0.2, 0.25) is 11.8 Å². The number of benzene rings is 1. The molecule has 1 aromatic carbocycles. The van der Waals surface area contributed by atoms with Crippen molar-refractivity contribution >= 4 is 44.1 Å². The molecular formula is C18H10BrN7O2. The number of halogens is 1. The third-order valence-electron chi connectivity index (χ3n) is 4.00. The standard InChI is InChI=1S/C18H10BrN7O2/c19-14-6-5-13(28-14)15-24-16-10-3-1-2-4-11(10)22-18(26(16)25-15)23-12-9-20-7-8-21-17(12)27/h1-9H,(H,21,22,23,27). The van der Waals surface area contributed by atoms with Crippen molar-refractivity contribution < 1.29 is 4.42 Å². The Morgan fingerprint density at radius 1 is 1.07 bits per heavy atom. The first-order chi connectivity index (χ1) is 13.7. The Balaban J connectivity index is 1.76. The van der Waals surface area contributed by atoms with Gasteiger partial charge in [-0.05, 0) is 40.2 Å². The average Bonchev–Trinajstić information content (AvgIpc) is 3.28. The summed E-state index contributed by atoms with van der Waals surface area (Å²) in [6, 6.07) is 11.1. The van der Waals surface area contributed by atoms with Gasteiger partial charge < -0.3 is 9.73 Å². The van der Waals surface area contributed by atoms with Gasteiger partial charge in [-0.2, -0.15) is 4.52 Å². The summed E-state index contributed by atoms with van der Waals surface area (Å²) in [6.07, 6.45) is 4.15. The number of furan rings is 1. The summed E-state index contributed by atoms with van der Waals surface area (Å²) in [5.41, 5.74) is 0.984. The zero-order valence-electron chi connectivity index (χ0n) is 14.1. The van der Waals surface area contributed by atoms with Gasteiger partial charge in [0.25, 0.3) is 5.56 Å². The maximum atomic E-state index is 12.1. The van der Waals surface area contributed by atoms with Crippen LogP contribution in [0.3, 0.4) is 0 Å². The van der Waals surface area contributed by atoms with E-state index in [9.17, 15) is 4.79 Å². The second-order valence-corrected chi connectivity index (χ2v) is 6.56. The van der Waals surface area contributed by atoms with E-state index in [4.69, 9.17) is 4.42 Å². The molecule has 4 aromatic heterocycles. The van der Waals surface area contributed by atoms with E-state index in [1.807, 2.05) is 24.3 Å². The normalized spacial score (nSPS) is 11.2. The van der Waals surface area contributed by atoms with Gasteiger partial charge in [0.15, 0.2) is 16.1 Å². The molecule has 9 nitrogen and oxygen atoms in total. The van der Waals surface area contributed by atoms with E-state index in [0.29, 0.717) is 33.4 Å². The van der Waals surface area contributed by atoms with E-state index < -0.39 is 5.56 Å².